The van der Waals surface area contributed by atoms with Gasteiger partial charge in [0.1, 0.15) is 0 Å². The van der Waals surface area contributed by atoms with Crippen LogP contribution in [0.3, 0.4) is 0 Å². The van der Waals surface area contributed by atoms with Crippen LogP contribution >= 0.6 is 24.8 Å². The molecule has 0 bridgehead atoms. The van der Waals surface area contributed by atoms with Gasteiger partial charge < -0.3 is 0 Å². The summed E-state index contributed by atoms with van der Waals surface area (Å²) < 4.78 is 0. The fourth-order valence-corrected chi connectivity index (χ4v) is 5.81. The molecule has 0 N–H and O–H groups in total. The molecule has 0 atom stereocenters. The van der Waals surface area contributed by atoms with Gasteiger partial charge in [-0.15, -0.1) is 81.8 Å². The molecule has 0 saturated carbocycles. The zero-order valence-corrected chi connectivity index (χ0v) is 37.0. The van der Waals surface area contributed by atoms with Crippen LogP contribution in [-0.2, 0) is 23.3 Å². The molecule has 0 spiro atoms. The van der Waals surface area contributed by atoms with Crippen molar-refractivity contribution in [3.05, 3.63) is 192 Å². The second-order valence-electron chi connectivity index (χ2n) is 13.1. The number of fused-ring (bicyclic) bond motifs is 2. The number of benzene rings is 4. The third-order valence-electron chi connectivity index (χ3n) is 8.41. The molecule has 2 aromatic heterocycles. The first kappa shape index (κ1) is 46.2. The van der Waals surface area contributed by atoms with Crippen molar-refractivity contribution in [3.63, 3.8) is 0 Å². The summed E-state index contributed by atoms with van der Waals surface area (Å²) in [5.41, 5.74) is 9.98. The SMILES string of the molecule is Cc1cc2c(-c3ccccn3)cc(C(C)C)cc2[cH-]1.Cc1cc2c(-c3ccccn3)cc(C(C)C)cc2[cH-]1.Cl.Cl.[Si]=[Zr].[c-]1ccccc1.[c-]1ccccc1. The molecule has 8 rings (SSSR count). The maximum Gasteiger partial charge on any atom is -0.171 e. The molecular formula is C48H48Cl2N2SiZr-4. The molecule has 0 fully saturated rings. The molecule has 8 aromatic rings. The van der Waals surface area contributed by atoms with E-state index in [9.17, 15) is 0 Å². The van der Waals surface area contributed by atoms with E-state index < -0.39 is 0 Å². The fourth-order valence-electron chi connectivity index (χ4n) is 5.81. The van der Waals surface area contributed by atoms with Crippen molar-refractivity contribution in [3.8, 4) is 22.5 Å². The molecule has 0 aliphatic heterocycles. The van der Waals surface area contributed by atoms with Gasteiger partial charge in [-0.1, -0.05) is 76.9 Å². The van der Waals surface area contributed by atoms with E-state index in [1.807, 2.05) is 97.3 Å². The zero-order chi connectivity index (χ0) is 37.3. The first-order valence-corrected chi connectivity index (χ1v) is 21.8. The third-order valence-corrected chi connectivity index (χ3v) is 8.41. The van der Waals surface area contributed by atoms with E-state index in [1.165, 1.54) is 78.3 Å². The van der Waals surface area contributed by atoms with E-state index in [-0.39, 0.29) is 24.8 Å². The molecule has 276 valence electrons. The van der Waals surface area contributed by atoms with Gasteiger partial charge in [0.05, 0.1) is 11.4 Å². The summed E-state index contributed by atoms with van der Waals surface area (Å²) in [5.74, 6) is 1.06. The van der Waals surface area contributed by atoms with E-state index in [4.69, 9.17) is 0 Å². The van der Waals surface area contributed by atoms with Gasteiger partial charge in [0.2, 0.25) is 0 Å². The van der Waals surface area contributed by atoms with Gasteiger partial charge in [-0.25, -0.2) is 0 Å². The Morgan fingerprint density at radius 1 is 0.519 bits per heavy atom. The van der Waals surface area contributed by atoms with E-state index in [2.05, 4.69) is 131 Å². The van der Waals surface area contributed by atoms with Crippen LogP contribution in [0.5, 0.6) is 0 Å². The van der Waals surface area contributed by atoms with Crippen LogP contribution in [0.1, 0.15) is 61.8 Å². The third kappa shape index (κ3) is 13.7. The Balaban J connectivity index is 0.000000269. The Bertz CT molecular complexity index is 1990. The van der Waals surface area contributed by atoms with Crippen molar-refractivity contribution < 1.29 is 23.3 Å². The molecule has 6 aromatic carbocycles. The van der Waals surface area contributed by atoms with Gasteiger partial charge in [0.15, 0.2) is 0 Å². The summed E-state index contributed by atoms with van der Waals surface area (Å²) in [7, 11) is 0. The van der Waals surface area contributed by atoms with E-state index >= 15 is 0 Å². The van der Waals surface area contributed by atoms with E-state index in [1.54, 1.807) is 0 Å². The largest absolute Gasteiger partial charge is 0.184 e. The van der Waals surface area contributed by atoms with Crippen molar-refractivity contribution >= 4 is 53.2 Å². The summed E-state index contributed by atoms with van der Waals surface area (Å²) in [6, 6.07) is 55.4. The topological polar surface area (TPSA) is 25.8 Å². The minimum atomic E-state index is 0. The van der Waals surface area contributed by atoms with Crippen LogP contribution in [0.2, 0.25) is 0 Å². The van der Waals surface area contributed by atoms with Crippen LogP contribution < -0.4 is 0 Å². The van der Waals surface area contributed by atoms with E-state index in [0.717, 1.165) is 11.4 Å². The monoisotopic (exact) mass is 840 g/mol. The zero-order valence-electron chi connectivity index (χ0n) is 31.9. The number of halogens is 2. The van der Waals surface area contributed by atoms with Crippen molar-refractivity contribution in [2.24, 2.45) is 0 Å². The molecule has 2 radical (unpaired) electrons. The number of pyridine rings is 2. The maximum absolute atomic E-state index is 4.51. The van der Waals surface area contributed by atoms with E-state index in [0.29, 0.717) is 11.8 Å². The van der Waals surface area contributed by atoms with Gasteiger partial charge in [-0.2, -0.15) is 84.9 Å². The molecular weight excluding hydrogens is 795 g/mol. The Hall–Kier alpha value is -3.92. The molecule has 0 aliphatic rings. The number of nitrogens with zero attached hydrogens (tertiary/aromatic N) is 2. The van der Waals surface area contributed by atoms with Gasteiger partial charge in [-0.3, -0.25) is 9.97 Å². The Morgan fingerprint density at radius 2 is 0.889 bits per heavy atom. The first-order valence-electron chi connectivity index (χ1n) is 17.6. The number of hydrogen-bond acceptors (Lipinski definition) is 2. The van der Waals surface area contributed by atoms with Gasteiger partial charge in [0.25, 0.3) is 0 Å². The molecule has 2 nitrogen and oxygen atoms in total. The quantitative estimate of drug-likeness (QED) is 0.130. The number of hydrogen-bond donors (Lipinski definition) is 0. The second-order valence-corrected chi connectivity index (χ2v) is 13.1. The summed E-state index contributed by atoms with van der Waals surface area (Å²) in [6.07, 6.45) is 3.72. The maximum atomic E-state index is 4.51. The van der Waals surface area contributed by atoms with Gasteiger partial charge >= 0.3 is 30.2 Å². The summed E-state index contributed by atoms with van der Waals surface area (Å²) >= 11 is 1.36. The Kier molecular flexibility index (Phi) is 21.0. The summed E-state index contributed by atoms with van der Waals surface area (Å²) in [5, 5.41) is 5.26. The van der Waals surface area contributed by atoms with Crippen LogP contribution in [0.25, 0.3) is 44.1 Å². The average molecular weight is 843 g/mol. The Morgan fingerprint density at radius 3 is 1.15 bits per heavy atom. The average Bonchev–Trinajstić information content (AvgIpc) is 3.78. The van der Waals surface area contributed by atoms with Crippen LogP contribution in [0, 0.1) is 26.0 Å². The van der Waals surface area contributed by atoms with Crippen LogP contribution in [0.4, 0.5) is 0 Å². The second kappa shape index (κ2) is 24.5. The molecule has 0 saturated heterocycles. The molecule has 0 unspecified atom stereocenters. The van der Waals surface area contributed by atoms with Crippen molar-refractivity contribution in [1.82, 2.24) is 9.97 Å². The molecule has 0 amide bonds. The molecule has 2 heterocycles. The standard InChI is InChI=1S/2C18H18N.2C6H5.2ClH.Si.Zr/c2*1-12(2)14-10-15-8-13(3)9-16(15)17(11-14)18-6-4-5-7-19-18;2*1-2-4-6-5-3-1;;;;/h2*4-12H,1-3H3;2*1-5H;2*1H;;/q4*-1;;;;. The predicted octanol–water partition coefficient (Wildman–Crippen LogP) is 13.5. The van der Waals surface area contributed by atoms with Crippen molar-refractivity contribution in [2.45, 2.75) is 53.4 Å². The number of aromatic nitrogens is 2. The minimum Gasteiger partial charge on any atom is -0.184 e. The molecule has 54 heavy (non-hydrogen) atoms. The summed E-state index contributed by atoms with van der Waals surface area (Å²) in [6.45, 7) is 16.3. The first-order chi connectivity index (χ1) is 25.3. The fraction of sp³-hybridized carbons (Fsp3) is 0.167. The normalized spacial score (nSPS) is 9.83. The minimum absolute atomic E-state index is 0. The predicted molar refractivity (Wildman–Crippen MR) is 234 cm³/mol. The Labute approximate surface area is 352 Å². The molecule has 6 heteroatoms. The van der Waals surface area contributed by atoms with Gasteiger partial charge in [-0.05, 0) is 47.2 Å². The number of rotatable bonds is 4. The smallest absolute Gasteiger partial charge is 0.171 e. The molecule has 0 aliphatic carbocycles. The summed E-state index contributed by atoms with van der Waals surface area (Å²) in [4.78, 5) is 9.02. The van der Waals surface area contributed by atoms with Crippen molar-refractivity contribution in [2.75, 3.05) is 0 Å². The van der Waals surface area contributed by atoms with Crippen LogP contribution in [0.15, 0.2) is 158 Å². The van der Waals surface area contributed by atoms with Crippen LogP contribution in [-0.4, -0.2) is 16.8 Å². The van der Waals surface area contributed by atoms with Gasteiger partial charge in [0, 0.05) is 12.4 Å². The number of aryl methyl sites for hydroxylation is 2. The van der Waals surface area contributed by atoms with Crippen molar-refractivity contribution in [1.29, 1.82) is 0 Å².